The quantitative estimate of drug-likeness (QED) is 0.0411. The number of nitrogen functional groups attached to an aromatic ring is 4. The molecule has 44 nitrogen and oxygen atoms in total. The minimum Gasteiger partial charge on any atom is -0.463 e. The lowest BCUT2D eigenvalue weighted by atomic mass is 9.91. The third-order valence-corrected chi connectivity index (χ3v) is 20.0. The predicted octanol–water partition coefficient (Wildman–Crippen LogP) is -0.920. The first-order chi connectivity index (χ1) is 50.2. The number of aliphatic hydroxyl groups excluding tert-OH is 6. The average molecular weight is 1840 g/mol. The second-order valence-electron chi connectivity index (χ2n) is 27.0. The number of nitrogens with two attached hydrogens (primary N) is 5. The van der Waals surface area contributed by atoms with Gasteiger partial charge in [0.25, 0.3) is 22.2 Å². The number of hydrogen-bond acceptors (Lipinski definition) is 36. The number of hydrogen-bond donors (Lipinski definition) is 15. The molecule has 8 aromatic heterocycles. The lowest BCUT2D eigenvalue weighted by Crippen LogP contribution is -2.40. The molecular weight excluding hydrogens is 1760 g/mol. The highest BCUT2D eigenvalue weighted by Crippen LogP contribution is 2.47. The van der Waals surface area contributed by atoms with Crippen LogP contribution in [0.1, 0.15) is 93.6 Å². The van der Waals surface area contributed by atoms with Crippen LogP contribution in [0.2, 0.25) is 0 Å². The second kappa shape index (κ2) is 33.8. The zero-order valence-corrected chi connectivity index (χ0v) is 66.8. The number of Topliss-reactive ketones (excluding diaryl/α,β-unsaturated/α-hetero) is 1. The molecule has 0 aliphatic carbocycles. The second-order valence-corrected chi connectivity index (χ2v) is 29.8. The van der Waals surface area contributed by atoms with E-state index in [0.717, 1.165) is 0 Å². The first-order valence-electron chi connectivity index (χ1n) is 32.8. The van der Waals surface area contributed by atoms with Crippen molar-refractivity contribution in [3.8, 4) is 0 Å². The normalized spacial score (nSPS) is 27.7. The fraction of sp³-hybridized carbons (Fsp3) is 0.610. The van der Waals surface area contributed by atoms with Crippen molar-refractivity contribution >= 4 is 175 Å². The van der Waals surface area contributed by atoms with E-state index in [1.807, 2.05) is 13.8 Å². The molecule has 6 aliphatic heterocycles. The molecule has 18 atom stereocenters. The smallest absolute Gasteiger partial charge is 0.323 e. The number of ketones is 1. The summed E-state index contributed by atoms with van der Waals surface area (Å²) in [6.45, 7) is 14.8. The van der Waals surface area contributed by atoms with E-state index in [0.29, 0.717) is 9.47 Å². The van der Waals surface area contributed by atoms with Gasteiger partial charge in [-0.05, 0) is 110 Å². The molecule has 0 saturated carbocycles. The maximum atomic E-state index is 12.7. The molecule has 6 saturated heterocycles. The van der Waals surface area contributed by atoms with Gasteiger partial charge in [-0.2, -0.15) is 19.9 Å². The number of imidazole rings is 4. The van der Waals surface area contributed by atoms with E-state index in [9.17, 15) is 59.1 Å². The highest BCUT2D eigenvalue weighted by atomic mass is 79.9. The molecule has 0 aromatic carbocycles. The Morgan fingerprint density at radius 1 is 0.468 bits per heavy atom. The summed E-state index contributed by atoms with van der Waals surface area (Å²) in [4.78, 5) is 127. The van der Waals surface area contributed by atoms with Crippen molar-refractivity contribution in [1.82, 2.24) is 78.1 Å². The minimum absolute atomic E-state index is 0. The molecule has 14 heterocycles. The van der Waals surface area contributed by atoms with Gasteiger partial charge in [-0.3, -0.25) is 67.0 Å². The first kappa shape index (κ1) is 86.1. The van der Waals surface area contributed by atoms with Crippen molar-refractivity contribution in [2.24, 2.45) is 23.5 Å². The number of aliphatic hydroxyl groups is 6. The number of ether oxygens (including phenoxy) is 10. The Labute approximate surface area is 658 Å². The van der Waals surface area contributed by atoms with E-state index in [1.54, 1.807) is 50.7 Å². The van der Waals surface area contributed by atoms with Crippen LogP contribution in [-0.2, 0) is 61.8 Å². The van der Waals surface area contributed by atoms with Crippen LogP contribution in [0.5, 0.6) is 0 Å². The Hall–Kier alpha value is -6.89. The van der Waals surface area contributed by atoms with Gasteiger partial charge >= 0.3 is 11.9 Å². The summed E-state index contributed by atoms with van der Waals surface area (Å²) >= 11 is 13.0. The molecule has 2 unspecified atom stereocenters. The highest BCUT2D eigenvalue weighted by molar-refractivity contribution is 9.11. The Morgan fingerprint density at radius 2 is 0.771 bits per heavy atom. The van der Waals surface area contributed by atoms with E-state index in [-0.39, 0.29) is 147 Å². The number of esters is 2. The lowest BCUT2D eigenvalue weighted by Gasteiger charge is -2.25. The van der Waals surface area contributed by atoms with E-state index in [1.165, 1.54) is 16.1 Å². The summed E-state index contributed by atoms with van der Waals surface area (Å²) in [5.41, 5.74) is 27.0. The van der Waals surface area contributed by atoms with Crippen molar-refractivity contribution < 1.29 is 92.4 Å². The SMILES string of the molecule is CC(=O)C[C@H](C(=O)OC[C@H]1O[C@@H](n2c(Br)nc3c(=O)[nH]c(N)nc32)C2OC(C)(C)O[C@@H]21)C(C)C.CC(C)[C@H](N)C(=O)OC[C@H]1O[C@@H](n2c(Br)nc3c(=O)[nH]c(N)nc32)[C@H](O)[C@@H]1O.CC1(C)OC2[C@H](n3c(Br)nc4c(=O)[nH]c(N)nc43)O[C@H](CO)[C@H]2O1.Cl.Cl.Nc1nc2c(nc(Br)n2[C@@H]2O[C@H](CO)[C@@H](O)[C@H]2O)c(=O)[nH]1. The van der Waals surface area contributed by atoms with Gasteiger partial charge in [0.1, 0.15) is 98.3 Å². The van der Waals surface area contributed by atoms with Gasteiger partial charge in [0.15, 0.2) is 100 Å². The van der Waals surface area contributed by atoms with Crippen LogP contribution in [-0.4, -0.2) is 244 Å². The summed E-state index contributed by atoms with van der Waals surface area (Å²) in [5, 5.41) is 59.3. The van der Waals surface area contributed by atoms with Crippen molar-refractivity contribution in [3.63, 3.8) is 0 Å². The molecular formula is C59H79Br4Cl2N21O23. The summed E-state index contributed by atoms with van der Waals surface area (Å²) in [6.07, 6.45) is -14.3. The summed E-state index contributed by atoms with van der Waals surface area (Å²) in [7, 11) is 0. The van der Waals surface area contributed by atoms with Gasteiger partial charge in [0.05, 0.1) is 19.1 Å². The number of carbonyl (C=O) groups is 3. The van der Waals surface area contributed by atoms with Crippen LogP contribution >= 0.6 is 88.5 Å². The number of aromatic nitrogens is 16. The Balaban J connectivity index is 0.000000169. The van der Waals surface area contributed by atoms with Crippen LogP contribution in [0.25, 0.3) is 44.7 Å². The fourth-order valence-electron chi connectivity index (χ4n) is 12.7. The van der Waals surface area contributed by atoms with E-state index in [2.05, 4.69) is 124 Å². The number of carbonyl (C=O) groups excluding carboxylic acids is 3. The number of aromatic amines is 4. The van der Waals surface area contributed by atoms with E-state index in [4.69, 9.17) is 81.1 Å². The predicted molar refractivity (Wildman–Crippen MR) is 395 cm³/mol. The zero-order chi connectivity index (χ0) is 78.2. The van der Waals surface area contributed by atoms with Gasteiger partial charge in [-0.15, -0.1) is 24.8 Å². The molecule has 600 valence electrons. The number of nitrogens with one attached hydrogen (secondary N) is 4. The lowest BCUT2D eigenvalue weighted by molar-refractivity contribution is -0.203. The molecule has 6 fully saturated rings. The van der Waals surface area contributed by atoms with Gasteiger partial charge < -0.3 is 111 Å². The maximum Gasteiger partial charge on any atom is 0.323 e. The molecule has 20 N–H and O–H groups in total. The standard InChI is InChI=1S/C21H28BrN5O7.C15H21BrN6O6.C13H16BrN5O5.C10H12BrN5O5.2ClH/c1-8(2)10(6-9(3)28)18(30)31-7-11-13-14(34-21(4,5)33-13)17(32-11)27-15-12(24-19(27)22)16(29)26-20(23)25-15;1-4(2)6(17)13(26)27-3-5-8(23)9(24)12(28-5)22-10-7(19-14(22)16)11(25)21-15(18)20-10;1-13(2)23-6-4(3-20)22-10(7(6)24-13)19-8-5(16-11(19)14)9(21)18-12(15)17-8;11-9-13-3-6(14-10(12)15-7(3)20)16(9)8-5(19)4(18)2(1-17)21-8;;/h8,10-11,13-14,17H,6-7H2,1-5H3,(H3,23,25,26,29);4-6,8-9,12,23-24H,3,17H2,1-2H3,(H3,18,20,21,25);4,6-7,10,20H,3H2,1-2H3,(H3,15,17,18,21);2,4-5,8,17-19H,1H2,(H3,12,14,15,20);2*1H/t10-,11+,13+,14?,17+;5-,6+,8-,9-,12-;4-,6-,7?,10-;2-,4-,5-,8-;;/m0111../s1. The Bertz CT molecular complexity index is 4940. The molecule has 0 radical (unpaired) electrons. The molecule has 50 heteroatoms. The van der Waals surface area contributed by atoms with Gasteiger partial charge in [-0.25, -0.2) is 19.9 Å². The van der Waals surface area contributed by atoms with E-state index < -0.39 is 162 Å². The fourth-order valence-corrected chi connectivity index (χ4v) is 14.9. The molecule has 109 heavy (non-hydrogen) atoms. The summed E-state index contributed by atoms with van der Waals surface area (Å²) in [6, 6.07) is -0.815. The topological polar surface area (TPSA) is 649 Å². The third-order valence-electron chi connectivity index (χ3n) is 17.8. The minimum atomic E-state index is -1.40. The molecule has 0 bridgehead atoms. The van der Waals surface area contributed by atoms with Gasteiger partial charge in [-0.1, -0.05) is 27.7 Å². The zero-order valence-electron chi connectivity index (χ0n) is 58.8. The molecule has 0 spiro atoms. The molecule has 0 amide bonds. The Kier molecular flexibility index (Phi) is 26.7. The number of anilines is 4. The number of H-pyrrole nitrogens is 4. The summed E-state index contributed by atoms with van der Waals surface area (Å²) in [5.74, 6) is -4.01. The van der Waals surface area contributed by atoms with Crippen LogP contribution in [0.15, 0.2) is 38.1 Å². The average Bonchev–Trinajstić information content (AvgIpc) is 1.59. The number of rotatable bonds is 16. The maximum absolute atomic E-state index is 12.7. The number of halogens is 6. The molecule has 14 rings (SSSR count). The van der Waals surface area contributed by atoms with Crippen molar-refractivity contribution in [2.75, 3.05) is 49.4 Å². The van der Waals surface area contributed by atoms with Crippen LogP contribution < -0.4 is 50.9 Å². The van der Waals surface area contributed by atoms with E-state index >= 15 is 0 Å². The van der Waals surface area contributed by atoms with Crippen LogP contribution in [0, 0.1) is 17.8 Å². The first-order valence-corrected chi connectivity index (χ1v) is 36.0. The van der Waals surface area contributed by atoms with Crippen molar-refractivity contribution in [2.45, 2.75) is 185 Å². The molecule has 8 aromatic rings. The highest BCUT2D eigenvalue weighted by Gasteiger charge is 2.59. The number of fused-ring (bicyclic) bond motifs is 6. The van der Waals surface area contributed by atoms with Crippen molar-refractivity contribution in [1.29, 1.82) is 0 Å². The van der Waals surface area contributed by atoms with Crippen molar-refractivity contribution in [3.05, 3.63) is 60.3 Å². The summed E-state index contributed by atoms with van der Waals surface area (Å²) < 4.78 is 64.5. The van der Waals surface area contributed by atoms with Crippen LogP contribution in [0.4, 0.5) is 23.8 Å². The molecule has 6 aliphatic rings. The largest absolute Gasteiger partial charge is 0.463 e. The number of nitrogens with zero attached hydrogens (tertiary/aromatic N) is 12. The third kappa shape index (κ3) is 17.4. The monoisotopic (exact) mass is 1840 g/mol. The Morgan fingerprint density at radius 3 is 1.11 bits per heavy atom. The van der Waals surface area contributed by atoms with Crippen LogP contribution in [0.3, 0.4) is 0 Å². The van der Waals surface area contributed by atoms with Gasteiger partial charge in [0.2, 0.25) is 23.8 Å². The van der Waals surface area contributed by atoms with Gasteiger partial charge in [0, 0.05) is 6.42 Å².